The Morgan fingerprint density at radius 1 is 0.909 bits per heavy atom. The summed E-state index contributed by atoms with van der Waals surface area (Å²) < 4.78 is 11.1. The Morgan fingerprint density at radius 2 is 1.58 bits per heavy atom. The number of carbonyl (C=O) groups excluding carboxylic acids is 1. The van der Waals surface area contributed by atoms with E-state index in [2.05, 4.69) is 37.9 Å². The molecule has 1 amide bonds. The molecule has 0 atom stereocenters. The second-order valence-corrected chi connectivity index (χ2v) is 9.09. The molecule has 0 saturated carbocycles. The number of aromatic nitrogens is 1. The van der Waals surface area contributed by atoms with E-state index >= 15 is 0 Å². The maximum atomic E-state index is 13.1. The van der Waals surface area contributed by atoms with Gasteiger partial charge < -0.3 is 14.4 Å². The van der Waals surface area contributed by atoms with Gasteiger partial charge in [-0.1, -0.05) is 6.07 Å². The van der Waals surface area contributed by atoms with Crippen molar-refractivity contribution >= 4 is 5.91 Å². The number of ether oxygens (including phenoxy) is 2. The van der Waals surface area contributed by atoms with Crippen molar-refractivity contribution in [2.24, 2.45) is 5.92 Å². The van der Waals surface area contributed by atoms with Crippen LogP contribution < -0.4 is 9.47 Å². The molecule has 0 aliphatic carbocycles. The van der Waals surface area contributed by atoms with Crippen molar-refractivity contribution in [3.63, 3.8) is 0 Å². The van der Waals surface area contributed by atoms with Crippen LogP contribution in [0.15, 0.2) is 36.7 Å². The number of amides is 1. The summed E-state index contributed by atoms with van der Waals surface area (Å²) in [5, 5.41) is 0. The van der Waals surface area contributed by atoms with Crippen LogP contribution in [0.4, 0.5) is 0 Å². The molecule has 2 aromatic rings. The minimum atomic E-state index is 0.162. The first kappa shape index (κ1) is 23.5. The van der Waals surface area contributed by atoms with Crippen LogP contribution in [0, 0.1) is 12.8 Å². The molecule has 4 rings (SSSR count). The van der Waals surface area contributed by atoms with E-state index in [1.165, 1.54) is 5.56 Å². The molecule has 0 spiro atoms. The van der Waals surface area contributed by atoms with E-state index in [9.17, 15) is 4.79 Å². The molecule has 1 aromatic carbocycles. The van der Waals surface area contributed by atoms with Gasteiger partial charge in [-0.05, 0) is 56.6 Å². The highest BCUT2D eigenvalue weighted by Crippen LogP contribution is 2.32. The highest BCUT2D eigenvalue weighted by Gasteiger charge is 2.30. The summed E-state index contributed by atoms with van der Waals surface area (Å²) in [4.78, 5) is 24.2. The van der Waals surface area contributed by atoms with Crippen LogP contribution in [0.5, 0.6) is 11.5 Å². The van der Waals surface area contributed by atoms with Gasteiger partial charge in [-0.25, -0.2) is 0 Å². The number of benzene rings is 1. The summed E-state index contributed by atoms with van der Waals surface area (Å²) in [6, 6.07) is 8.23. The highest BCUT2D eigenvalue weighted by atomic mass is 16.5. The molecule has 2 fully saturated rings. The lowest BCUT2D eigenvalue weighted by Gasteiger charge is -2.38. The molecule has 2 aliphatic heterocycles. The lowest BCUT2D eigenvalue weighted by Crippen LogP contribution is -2.51. The third-order valence-electron chi connectivity index (χ3n) is 7.03. The molecular formula is C26H36N4O3. The molecule has 33 heavy (non-hydrogen) atoms. The number of hydrogen-bond donors (Lipinski definition) is 0. The van der Waals surface area contributed by atoms with Crippen molar-refractivity contribution < 1.29 is 14.3 Å². The van der Waals surface area contributed by atoms with E-state index in [1.807, 2.05) is 25.4 Å². The normalized spacial score (nSPS) is 18.3. The number of piperidine rings is 1. The molecular weight excluding hydrogens is 416 g/mol. The fraction of sp³-hybridized carbons (Fsp3) is 0.538. The van der Waals surface area contributed by atoms with Crippen molar-refractivity contribution in [2.45, 2.75) is 32.9 Å². The van der Waals surface area contributed by atoms with Crippen molar-refractivity contribution in [1.29, 1.82) is 0 Å². The number of pyridine rings is 1. The van der Waals surface area contributed by atoms with Crippen molar-refractivity contribution in [3.8, 4) is 11.5 Å². The molecule has 178 valence electrons. The van der Waals surface area contributed by atoms with Crippen LogP contribution in [-0.4, -0.2) is 79.1 Å². The van der Waals surface area contributed by atoms with Gasteiger partial charge >= 0.3 is 0 Å². The number of nitrogens with zero attached hydrogens (tertiary/aromatic N) is 4. The van der Waals surface area contributed by atoms with Crippen LogP contribution in [0.2, 0.25) is 0 Å². The van der Waals surface area contributed by atoms with Crippen LogP contribution in [0.25, 0.3) is 0 Å². The van der Waals surface area contributed by atoms with E-state index in [4.69, 9.17) is 9.47 Å². The third-order valence-corrected chi connectivity index (χ3v) is 7.03. The quantitative estimate of drug-likeness (QED) is 0.644. The summed E-state index contributed by atoms with van der Waals surface area (Å²) >= 11 is 0. The Bertz CT molecular complexity index is 921. The molecule has 7 nitrogen and oxygen atoms in total. The van der Waals surface area contributed by atoms with Crippen LogP contribution in [-0.2, 0) is 17.9 Å². The van der Waals surface area contributed by atoms with Crippen molar-refractivity contribution in [3.05, 3.63) is 53.3 Å². The van der Waals surface area contributed by atoms with Gasteiger partial charge in [0.05, 0.1) is 14.2 Å². The maximum Gasteiger partial charge on any atom is 0.225 e. The largest absolute Gasteiger partial charge is 0.496 e. The standard InChI is InChI=1S/C26H36N4O3/c1-20-24(32-2)5-4-23(25(20)33-3)19-29-14-16-30(17-15-29)26(31)22-8-12-28(13-9-22)18-21-6-10-27-11-7-21/h4-7,10-11,22H,8-9,12-19H2,1-3H3. The number of hydrogen-bond acceptors (Lipinski definition) is 6. The van der Waals surface area contributed by atoms with E-state index in [0.29, 0.717) is 5.91 Å². The molecule has 2 saturated heterocycles. The number of methoxy groups -OCH3 is 2. The lowest BCUT2D eigenvalue weighted by molar-refractivity contribution is -0.139. The summed E-state index contributed by atoms with van der Waals surface area (Å²) in [6.45, 7) is 9.13. The fourth-order valence-electron chi connectivity index (χ4n) is 5.07. The average Bonchev–Trinajstić information content (AvgIpc) is 2.85. The Balaban J connectivity index is 1.25. The number of carbonyl (C=O) groups is 1. The van der Waals surface area contributed by atoms with E-state index in [-0.39, 0.29) is 5.92 Å². The first-order valence-corrected chi connectivity index (χ1v) is 11.9. The third kappa shape index (κ3) is 5.65. The van der Waals surface area contributed by atoms with E-state index in [1.54, 1.807) is 14.2 Å². The molecule has 0 bridgehead atoms. The fourth-order valence-corrected chi connectivity index (χ4v) is 5.07. The minimum absolute atomic E-state index is 0.162. The van der Waals surface area contributed by atoms with Gasteiger partial charge in [0.1, 0.15) is 11.5 Å². The maximum absolute atomic E-state index is 13.1. The number of piperazine rings is 1. The molecule has 7 heteroatoms. The van der Waals surface area contributed by atoms with Crippen molar-refractivity contribution in [2.75, 3.05) is 53.5 Å². The van der Waals surface area contributed by atoms with Gasteiger partial charge in [-0.15, -0.1) is 0 Å². The minimum Gasteiger partial charge on any atom is -0.496 e. The molecule has 1 aromatic heterocycles. The summed E-state index contributed by atoms with van der Waals surface area (Å²) in [7, 11) is 3.40. The molecule has 0 radical (unpaired) electrons. The van der Waals surface area contributed by atoms with E-state index < -0.39 is 0 Å². The summed E-state index contributed by atoms with van der Waals surface area (Å²) in [5.41, 5.74) is 3.48. The molecule has 0 unspecified atom stereocenters. The highest BCUT2D eigenvalue weighted by molar-refractivity contribution is 5.79. The van der Waals surface area contributed by atoms with Gasteiger partial charge in [0, 0.05) is 68.7 Å². The Kier molecular flexibility index (Phi) is 7.83. The van der Waals surface area contributed by atoms with Crippen molar-refractivity contribution in [1.82, 2.24) is 19.7 Å². The number of likely N-dealkylation sites (tertiary alicyclic amines) is 1. The Hall–Kier alpha value is -2.64. The Morgan fingerprint density at radius 3 is 2.21 bits per heavy atom. The second-order valence-electron chi connectivity index (χ2n) is 9.09. The Labute approximate surface area is 197 Å². The second kappa shape index (κ2) is 11.0. The van der Waals surface area contributed by atoms with Crippen LogP contribution >= 0.6 is 0 Å². The number of rotatable bonds is 7. The summed E-state index contributed by atoms with van der Waals surface area (Å²) in [5.74, 6) is 2.25. The van der Waals surface area contributed by atoms with Crippen LogP contribution in [0.1, 0.15) is 29.5 Å². The van der Waals surface area contributed by atoms with Gasteiger partial charge in [-0.2, -0.15) is 0 Å². The molecule has 2 aliphatic rings. The zero-order valence-corrected chi connectivity index (χ0v) is 20.1. The first-order chi connectivity index (χ1) is 16.1. The zero-order chi connectivity index (χ0) is 23.2. The van der Waals surface area contributed by atoms with Gasteiger partial charge in [-0.3, -0.25) is 19.6 Å². The van der Waals surface area contributed by atoms with Crippen LogP contribution in [0.3, 0.4) is 0 Å². The summed E-state index contributed by atoms with van der Waals surface area (Å²) in [6.07, 6.45) is 5.59. The first-order valence-electron chi connectivity index (χ1n) is 11.9. The topological polar surface area (TPSA) is 58.1 Å². The average molecular weight is 453 g/mol. The zero-order valence-electron chi connectivity index (χ0n) is 20.1. The molecule has 0 N–H and O–H groups in total. The monoisotopic (exact) mass is 452 g/mol. The van der Waals surface area contributed by atoms with E-state index in [0.717, 1.165) is 87.8 Å². The predicted octanol–water partition coefficient (Wildman–Crippen LogP) is 2.96. The molecule has 3 heterocycles. The van der Waals surface area contributed by atoms with Gasteiger partial charge in [0.25, 0.3) is 0 Å². The smallest absolute Gasteiger partial charge is 0.225 e. The lowest BCUT2D eigenvalue weighted by atomic mass is 9.94. The van der Waals surface area contributed by atoms with Gasteiger partial charge in [0.15, 0.2) is 0 Å². The SMILES string of the molecule is COc1ccc(CN2CCN(C(=O)C3CCN(Cc4ccncc4)CC3)CC2)c(OC)c1C. The van der Waals surface area contributed by atoms with Gasteiger partial charge in [0.2, 0.25) is 5.91 Å². The predicted molar refractivity (Wildman–Crippen MR) is 128 cm³/mol.